The number of carboxylic acids is 1. The summed E-state index contributed by atoms with van der Waals surface area (Å²) in [4.78, 5) is 26.3. The molecule has 1 N–H and O–H groups in total. The molecule has 0 aliphatic heterocycles. The van der Waals surface area contributed by atoms with Crippen molar-refractivity contribution in [3.05, 3.63) is 95.3 Å². The number of carbonyl (C=O) groups excluding carboxylic acids is 1. The van der Waals surface area contributed by atoms with E-state index in [0.29, 0.717) is 43.0 Å². The summed E-state index contributed by atoms with van der Waals surface area (Å²) < 4.78 is 12.5. The number of hydrogen-bond acceptors (Lipinski definition) is 4. The minimum absolute atomic E-state index is 0.0589. The molecule has 4 atom stereocenters. The van der Waals surface area contributed by atoms with Crippen LogP contribution in [0, 0.1) is 22.2 Å². The van der Waals surface area contributed by atoms with Gasteiger partial charge < -0.3 is 14.6 Å². The van der Waals surface area contributed by atoms with E-state index in [0.717, 1.165) is 5.56 Å². The fraction of sp³-hybridized carbons (Fsp3) is 0.400. The highest BCUT2D eigenvalue weighted by Gasteiger charge is 2.74. The Bertz CT molecular complexity index is 1200. The van der Waals surface area contributed by atoms with Crippen molar-refractivity contribution >= 4 is 11.8 Å². The maximum absolute atomic E-state index is 13.3. The quantitative estimate of drug-likeness (QED) is 0.387. The fourth-order valence-corrected chi connectivity index (χ4v) is 6.85. The topological polar surface area (TPSA) is 72.8 Å². The van der Waals surface area contributed by atoms with Gasteiger partial charge in [-0.3, -0.25) is 9.59 Å². The summed E-state index contributed by atoms with van der Waals surface area (Å²) in [5, 5.41) is 10.6. The molecule has 5 rings (SSSR count). The third-order valence-corrected chi connectivity index (χ3v) is 8.11. The molecule has 0 aromatic heterocycles. The van der Waals surface area contributed by atoms with Gasteiger partial charge in [-0.15, -0.1) is 0 Å². The van der Waals surface area contributed by atoms with Gasteiger partial charge in [-0.1, -0.05) is 74.5 Å². The summed E-state index contributed by atoms with van der Waals surface area (Å²) in [5.74, 6) is -0.731. The van der Waals surface area contributed by atoms with Gasteiger partial charge in [0.05, 0.1) is 19.3 Å². The number of carbonyl (C=O) groups is 2. The Balaban J connectivity index is 1.59. The fourth-order valence-electron chi connectivity index (χ4n) is 6.85. The molecule has 2 aromatic carbocycles. The lowest BCUT2D eigenvalue weighted by Crippen LogP contribution is -2.37. The van der Waals surface area contributed by atoms with Gasteiger partial charge in [-0.05, 0) is 48.5 Å². The Kier molecular flexibility index (Phi) is 5.71. The van der Waals surface area contributed by atoms with Crippen LogP contribution in [0.1, 0.15) is 49.5 Å². The summed E-state index contributed by atoms with van der Waals surface area (Å²) in [5.41, 5.74) is 0.150. The van der Waals surface area contributed by atoms with E-state index in [-0.39, 0.29) is 23.2 Å². The lowest BCUT2D eigenvalue weighted by molar-refractivity contribution is -0.147. The zero-order valence-electron chi connectivity index (χ0n) is 20.5. The molecule has 2 aromatic rings. The van der Waals surface area contributed by atoms with Gasteiger partial charge in [0, 0.05) is 16.9 Å². The number of hydrogen-bond donors (Lipinski definition) is 1. The van der Waals surface area contributed by atoms with Gasteiger partial charge in [0.2, 0.25) is 0 Å². The molecule has 0 heterocycles. The standard InChI is InChI=1S/C30H32O5/c1-4-34-25-17-29-19-28(2,3)26(35-18-20-11-7-5-8-12-20)22(29)16-30(25,27(32)33)24(29)15-23(31)21-13-9-6-10-14-21/h5-15,17,22,26H,4,16,18-19H2,1-3H3,(H,32,33)/b24-15-/t22-,26-,29+,30+/m0/s1. The second-order valence-electron chi connectivity index (χ2n) is 10.7. The van der Waals surface area contributed by atoms with E-state index in [1.165, 1.54) is 0 Å². The zero-order chi connectivity index (χ0) is 24.8. The van der Waals surface area contributed by atoms with Crippen molar-refractivity contribution in [2.45, 2.75) is 46.3 Å². The van der Waals surface area contributed by atoms with E-state index in [2.05, 4.69) is 13.8 Å². The van der Waals surface area contributed by atoms with Crippen LogP contribution < -0.4 is 0 Å². The number of carboxylic acid groups (broad SMARTS) is 1. The predicted molar refractivity (Wildman–Crippen MR) is 133 cm³/mol. The van der Waals surface area contributed by atoms with Gasteiger partial charge in [0.15, 0.2) is 5.78 Å². The first kappa shape index (κ1) is 23.6. The number of aliphatic carboxylic acids is 1. The number of rotatable bonds is 8. The molecule has 5 heteroatoms. The summed E-state index contributed by atoms with van der Waals surface area (Å²) in [6.45, 7) is 7.06. The Morgan fingerprint density at radius 3 is 2.34 bits per heavy atom. The maximum atomic E-state index is 13.3. The van der Waals surface area contributed by atoms with Crippen molar-refractivity contribution in [1.29, 1.82) is 0 Å². The highest BCUT2D eigenvalue weighted by Crippen LogP contribution is 2.75. The van der Waals surface area contributed by atoms with Crippen molar-refractivity contribution < 1.29 is 24.2 Å². The van der Waals surface area contributed by atoms with Crippen molar-refractivity contribution in [2.24, 2.45) is 22.2 Å². The molecule has 5 nitrogen and oxygen atoms in total. The lowest BCUT2D eigenvalue weighted by atomic mass is 9.74. The van der Waals surface area contributed by atoms with Crippen molar-refractivity contribution in [2.75, 3.05) is 6.61 Å². The Morgan fingerprint density at radius 1 is 1.06 bits per heavy atom. The minimum atomic E-state index is -1.34. The predicted octanol–water partition coefficient (Wildman–Crippen LogP) is 5.82. The van der Waals surface area contributed by atoms with E-state index >= 15 is 0 Å². The van der Waals surface area contributed by atoms with E-state index < -0.39 is 16.8 Å². The summed E-state index contributed by atoms with van der Waals surface area (Å²) >= 11 is 0. The Morgan fingerprint density at radius 2 is 1.71 bits per heavy atom. The van der Waals surface area contributed by atoms with Gasteiger partial charge in [-0.25, -0.2) is 0 Å². The monoisotopic (exact) mass is 472 g/mol. The zero-order valence-corrected chi connectivity index (χ0v) is 20.5. The van der Waals surface area contributed by atoms with Gasteiger partial charge in [0.25, 0.3) is 0 Å². The average Bonchev–Trinajstić information content (AvgIpc) is 3.33. The molecule has 0 unspecified atom stereocenters. The molecular formula is C30H32O5. The minimum Gasteiger partial charge on any atom is -0.497 e. The van der Waals surface area contributed by atoms with E-state index in [9.17, 15) is 14.7 Å². The summed E-state index contributed by atoms with van der Waals surface area (Å²) in [7, 11) is 0. The second-order valence-corrected chi connectivity index (χ2v) is 10.7. The molecule has 3 aliphatic rings. The van der Waals surface area contributed by atoms with Crippen LogP contribution in [0.3, 0.4) is 0 Å². The maximum Gasteiger partial charge on any atom is 0.321 e. The Hall–Kier alpha value is -3.18. The molecular weight excluding hydrogens is 440 g/mol. The Labute approximate surface area is 206 Å². The molecule has 35 heavy (non-hydrogen) atoms. The first-order chi connectivity index (χ1) is 16.7. The van der Waals surface area contributed by atoms with Gasteiger partial charge in [0.1, 0.15) is 11.2 Å². The van der Waals surface area contributed by atoms with E-state index in [1.807, 2.05) is 61.5 Å². The first-order valence-electron chi connectivity index (χ1n) is 12.3. The number of fused-ring (bicyclic) bond motifs is 1. The van der Waals surface area contributed by atoms with E-state index in [4.69, 9.17) is 9.47 Å². The summed E-state index contributed by atoms with van der Waals surface area (Å²) in [6.07, 6.45) is 4.51. The number of ether oxygens (including phenoxy) is 2. The highest BCUT2D eigenvalue weighted by molar-refractivity contribution is 6.06. The molecule has 2 saturated carbocycles. The molecule has 2 fully saturated rings. The van der Waals surface area contributed by atoms with Gasteiger partial charge >= 0.3 is 5.97 Å². The molecule has 182 valence electrons. The van der Waals surface area contributed by atoms with Crippen molar-refractivity contribution in [3.63, 3.8) is 0 Å². The smallest absolute Gasteiger partial charge is 0.321 e. The van der Waals surface area contributed by atoms with E-state index in [1.54, 1.807) is 18.2 Å². The number of allylic oxidation sites excluding steroid dienone is 2. The van der Waals surface area contributed by atoms with Crippen molar-refractivity contribution in [1.82, 2.24) is 0 Å². The summed E-state index contributed by atoms with van der Waals surface area (Å²) in [6, 6.07) is 19.1. The molecule has 0 saturated heterocycles. The molecule has 1 spiro atoms. The normalized spacial score (nSPS) is 31.3. The van der Waals surface area contributed by atoms with Crippen LogP contribution >= 0.6 is 0 Å². The van der Waals surface area contributed by atoms with Crippen LogP contribution in [0.2, 0.25) is 0 Å². The molecule has 0 amide bonds. The van der Waals surface area contributed by atoms with Crippen LogP contribution in [-0.4, -0.2) is 29.6 Å². The van der Waals surface area contributed by atoms with Gasteiger partial charge in [-0.2, -0.15) is 0 Å². The SMILES string of the molecule is CCOC1=C[C@@]23CC(C)(C)[C@@H](OCc4ccccc4)[C@@H]2C[C@@]1(C(=O)O)/C3=C\C(=O)c1ccccc1. The van der Waals surface area contributed by atoms with Crippen LogP contribution in [0.15, 0.2) is 84.1 Å². The van der Waals surface area contributed by atoms with Crippen molar-refractivity contribution in [3.8, 4) is 0 Å². The third-order valence-electron chi connectivity index (χ3n) is 8.11. The van der Waals surface area contributed by atoms with Crippen LogP contribution in [0.25, 0.3) is 0 Å². The van der Waals surface area contributed by atoms with Crippen LogP contribution in [0.5, 0.6) is 0 Å². The lowest BCUT2D eigenvalue weighted by Gasteiger charge is -2.34. The molecule has 0 radical (unpaired) electrons. The highest BCUT2D eigenvalue weighted by atomic mass is 16.5. The first-order valence-corrected chi connectivity index (χ1v) is 12.3. The van der Waals surface area contributed by atoms with Crippen LogP contribution in [0.4, 0.5) is 0 Å². The van der Waals surface area contributed by atoms with Crippen LogP contribution in [-0.2, 0) is 20.9 Å². The second kappa shape index (κ2) is 8.49. The average molecular weight is 473 g/mol. The third kappa shape index (κ3) is 3.56. The number of ketones is 1. The largest absolute Gasteiger partial charge is 0.497 e. The molecule has 3 aliphatic carbocycles. The number of benzene rings is 2. The molecule has 2 bridgehead atoms.